The molecule has 0 atom stereocenters. The summed E-state index contributed by atoms with van der Waals surface area (Å²) in [6.07, 6.45) is 1.16. The van der Waals surface area contributed by atoms with Gasteiger partial charge in [0.2, 0.25) is 6.79 Å². The van der Waals surface area contributed by atoms with Gasteiger partial charge in [-0.25, -0.2) is 9.82 Å². The number of rotatable bonds is 3. The van der Waals surface area contributed by atoms with Crippen molar-refractivity contribution in [2.24, 2.45) is 5.10 Å². The molecule has 1 amide bonds. The van der Waals surface area contributed by atoms with E-state index in [1.54, 1.807) is 18.2 Å². The first-order chi connectivity index (χ1) is 10.6. The number of hydrazone groups is 1. The van der Waals surface area contributed by atoms with E-state index in [-0.39, 0.29) is 17.4 Å². The van der Waals surface area contributed by atoms with E-state index in [1.165, 1.54) is 18.2 Å². The molecular formula is C15H10ClFN2O3. The minimum absolute atomic E-state index is 0.107. The molecule has 2 aromatic carbocycles. The quantitative estimate of drug-likeness (QED) is 0.698. The molecule has 1 heterocycles. The maximum Gasteiger partial charge on any atom is 0.271 e. The topological polar surface area (TPSA) is 59.9 Å². The Balaban J connectivity index is 1.71. The van der Waals surface area contributed by atoms with Crippen molar-refractivity contribution in [3.05, 3.63) is 58.4 Å². The van der Waals surface area contributed by atoms with Gasteiger partial charge in [0, 0.05) is 11.1 Å². The van der Waals surface area contributed by atoms with Gasteiger partial charge in [0.15, 0.2) is 11.5 Å². The maximum absolute atomic E-state index is 13.5. The van der Waals surface area contributed by atoms with E-state index < -0.39 is 11.7 Å². The van der Waals surface area contributed by atoms with Crippen LogP contribution in [0.5, 0.6) is 11.5 Å². The Labute approximate surface area is 130 Å². The van der Waals surface area contributed by atoms with Crippen LogP contribution in [-0.2, 0) is 0 Å². The zero-order valence-corrected chi connectivity index (χ0v) is 11.9. The third-order valence-corrected chi connectivity index (χ3v) is 3.32. The van der Waals surface area contributed by atoms with Crippen molar-refractivity contribution >= 4 is 23.7 Å². The first kappa shape index (κ1) is 14.3. The van der Waals surface area contributed by atoms with Gasteiger partial charge in [-0.3, -0.25) is 4.79 Å². The summed E-state index contributed by atoms with van der Waals surface area (Å²) in [5.41, 5.74) is 2.76. The molecule has 7 heteroatoms. The lowest BCUT2D eigenvalue weighted by Crippen LogP contribution is -2.17. The standard InChI is InChI=1S/C15H10ClFN2O3/c16-11-2-1-3-12(17)10(11)7-18-19-15(20)9-4-5-13-14(6-9)22-8-21-13/h1-7H,8H2,(H,19,20). The third-order valence-electron chi connectivity index (χ3n) is 2.99. The number of halogens is 2. The van der Waals surface area contributed by atoms with Crippen molar-refractivity contribution in [1.29, 1.82) is 0 Å². The van der Waals surface area contributed by atoms with Gasteiger partial charge in [-0.1, -0.05) is 17.7 Å². The summed E-state index contributed by atoms with van der Waals surface area (Å²) in [5.74, 6) is 0.0996. The van der Waals surface area contributed by atoms with Gasteiger partial charge in [0.1, 0.15) is 5.82 Å². The molecule has 0 aliphatic carbocycles. The fraction of sp³-hybridized carbons (Fsp3) is 0.0667. The summed E-state index contributed by atoms with van der Waals surface area (Å²) in [4.78, 5) is 12.0. The fourth-order valence-corrected chi connectivity index (χ4v) is 2.10. The number of ether oxygens (including phenoxy) is 2. The highest BCUT2D eigenvalue weighted by Crippen LogP contribution is 2.32. The third kappa shape index (κ3) is 2.87. The Kier molecular flexibility index (Phi) is 3.93. The zero-order valence-electron chi connectivity index (χ0n) is 11.2. The summed E-state index contributed by atoms with van der Waals surface area (Å²) in [6, 6.07) is 9.03. The second-order valence-electron chi connectivity index (χ2n) is 4.40. The number of fused-ring (bicyclic) bond motifs is 1. The SMILES string of the molecule is O=C(NN=Cc1c(F)cccc1Cl)c1ccc2c(c1)OCO2. The van der Waals surface area contributed by atoms with Crippen LogP contribution in [0.1, 0.15) is 15.9 Å². The largest absolute Gasteiger partial charge is 0.454 e. The van der Waals surface area contributed by atoms with Crippen molar-refractivity contribution in [2.75, 3.05) is 6.79 Å². The summed E-state index contributed by atoms with van der Waals surface area (Å²) in [7, 11) is 0. The molecule has 0 spiro atoms. The first-order valence-corrected chi connectivity index (χ1v) is 6.70. The lowest BCUT2D eigenvalue weighted by Gasteiger charge is -2.02. The Morgan fingerprint density at radius 3 is 2.91 bits per heavy atom. The van der Waals surface area contributed by atoms with E-state index >= 15 is 0 Å². The Morgan fingerprint density at radius 1 is 1.27 bits per heavy atom. The summed E-state index contributed by atoms with van der Waals surface area (Å²) >= 11 is 5.85. The number of hydrogen-bond acceptors (Lipinski definition) is 4. The van der Waals surface area contributed by atoms with E-state index in [1.807, 2.05) is 0 Å². The minimum Gasteiger partial charge on any atom is -0.454 e. The van der Waals surface area contributed by atoms with E-state index in [4.69, 9.17) is 21.1 Å². The van der Waals surface area contributed by atoms with E-state index in [0.717, 1.165) is 6.21 Å². The van der Waals surface area contributed by atoms with Gasteiger partial charge in [0.25, 0.3) is 5.91 Å². The van der Waals surface area contributed by atoms with Crippen molar-refractivity contribution in [1.82, 2.24) is 5.43 Å². The lowest BCUT2D eigenvalue weighted by atomic mass is 10.2. The van der Waals surface area contributed by atoms with Crippen LogP contribution >= 0.6 is 11.6 Å². The molecule has 5 nitrogen and oxygen atoms in total. The molecule has 22 heavy (non-hydrogen) atoms. The molecule has 1 N–H and O–H groups in total. The molecule has 0 saturated heterocycles. The highest BCUT2D eigenvalue weighted by Gasteiger charge is 2.15. The van der Waals surface area contributed by atoms with Crippen molar-refractivity contribution in [3.8, 4) is 11.5 Å². The van der Waals surface area contributed by atoms with E-state index in [2.05, 4.69) is 10.5 Å². The molecular weight excluding hydrogens is 311 g/mol. The first-order valence-electron chi connectivity index (χ1n) is 6.32. The van der Waals surface area contributed by atoms with Crippen LogP contribution < -0.4 is 14.9 Å². The molecule has 2 aromatic rings. The average Bonchev–Trinajstić information content (AvgIpc) is 2.97. The van der Waals surface area contributed by atoms with Crippen LogP contribution in [0.25, 0.3) is 0 Å². The van der Waals surface area contributed by atoms with Gasteiger partial charge in [0.05, 0.1) is 11.2 Å². The molecule has 0 saturated carbocycles. The predicted octanol–water partition coefficient (Wildman–Crippen LogP) is 2.97. The molecule has 0 aromatic heterocycles. The molecule has 0 bridgehead atoms. The average molecular weight is 321 g/mol. The van der Waals surface area contributed by atoms with Gasteiger partial charge in [-0.2, -0.15) is 5.10 Å². The van der Waals surface area contributed by atoms with Crippen molar-refractivity contribution < 1.29 is 18.7 Å². The van der Waals surface area contributed by atoms with Crippen molar-refractivity contribution in [2.45, 2.75) is 0 Å². The van der Waals surface area contributed by atoms with E-state index in [9.17, 15) is 9.18 Å². The van der Waals surface area contributed by atoms with Crippen molar-refractivity contribution in [3.63, 3.8) is 0 Å². The number of carbonyl (C=O) groups excluding carboxylic acids is 1. The number of amides is 1. The second kappa shape index (κ2) is 6.03. The smallest absolute Gasteiger partial charge is 0.271 e. The van der Waals surface area contributed by atoms with Crippen LogP contribution in [0.4, 0.5) is 4.39 Å². The summed E-state index contributed by atoms with van der Waals surface area (Å²) in [6.45, 7) is 0.129. The Hall–Kier alpha value is -2.60. The molecule has 1 aliphatic heterocycles. The number of benzene rings is 2. The molecule has 0 fully saturated rings. The number of carbonyl (C=O) groups is 1. The van der Waals surface area contributed by atoms with Gasteiger partial charge in [-0.05, 0) is 30.3 Å². The van der Waals surface area contributed by atoms with Crippen LogP contribution in [0, 0.1) is 5.82 Å². The van der Waals surface area contributed by atoms with Crippen LogP contribution in [0.2, 0.25) is 5.02 Å². The highest BCUT2D eigenvalue weighted by atomic mass is 35.5. The molecule has 3 rings (SSSR count). The Morgan fingerprint density at radius 2 is 2.09 bits per heavy atom. The maximum atomic E-state index is 13.5. The molecule has 0 radical (unpaired) electrons. The number of nitrogens with one attached hydrogen (secondary N) is 1. The predicted molar refractivity (Wildman–Crippen MR) is 79.0 cm³/mol. The highest BCUT2D eigenvalue weighted by molar-refractivity contribution is 6.33. The number of nitrogens with zero attached hydrogens (tertiary/aromatic N) is 1. The number of hydrogen-bond donors (Lipinski definition) is 1. The van der Waals surface area contributed by atoms with Gasteiger partial charge >= 0.3 is 0 Å². The summed E-state index contributed by atoms with van der Waals surface area (Å²) in [5, 5.41) is 3.92. The Bertz CT molecular complexity index is 744. The van der Waals surface area contributed by atoms with Gasteiger partial charge < -0.3 is 9.47 Å². The van der Waals surface area contributed by atoms with Crippen LogP contribution in [0.3, 0.4) is 0 Å². The lowest BCUT2D eigenvalue weighted by molar-refractivity contribution is 0.0954. The fourth-order valence-electron chi connectivity index (χ4n) is 1.89. The second-order valence-corrected chi connectivity index (χ2v) is 4.81. The molecule has 0 unspecified atom stereocenters. The normalized spacial score (nSPS) is 12.6. The molecule has 112 valence electrons. The van der Waals surface area contributed by atoms with Crippen LogP contribution in [-0.4, -0.2) is 18.9 Å². The zero-order chi connectivity index (χ0) is 15.5. The van der Waals surface area contributed by atoms with E-state index in [0.29, 0.717) is 17.1 Å². The monoisotopic (exact) mass is 320 g/mol. The van der Waals surface area contributed by atoms with Gasteiger partial charge in [-0.15, -0.1) is 0 Å². The summed E-state index contributed by atoms with van der Waals surface area (Å²) < 4.78 is 23.9. The molecule has 1 aliphatic rings. The van der Waals surface area contributed by atoms with Crippen LogP contribution in [0.15, 0.2) is 41.5 Å². The minimum atomic E-state index is -0.520.